The fourth-order valence-electron chi connectivity index (χ4n) is 0.577. The summed E-state index contributed by atoms with van der Waals surface area (Å²) in [5, 5.41) is 8.11. The molecule has 0 fully saturated rings. The molecule has 14 heavy (non-hydrogen) atoms. The topological polar surface area (TPSA) is 77.0 Å². The zero-order chi connectivity index (χ0) is 10.8. The summed E-state index contributed by atoms with van der Waals surface area (Å²) in [4.78, 5) is 0. The molecule has 1 aromatic heterocycles. The van der Waals surface area contributed by atoms with Gasteiger partial charge >= 0.3 is 24.4 Å². The molecular weight excluding hydrogens is 208 g/mol. The summed E-state index contributed by atoms with van der Waals surface area (Å²) < 4.78 is 52.3. The van der Waals surface area contributed by atoms with E-state index in [4.69, 9.17) is 5.73 Å². The van der Waals surface area contributed by atoms with Crippen molar-refractivity contribution < 1.29 is 22.0 Å². The molecule has 5 nitrogen and oxygen atoms in total. The van der Waals surface area contributed by atoms with Crippen LogP contribution in [-0.2, 0) is 0 Å². The van der Waals surface area contributed by atoms with Gasteiger partial charge in [-0.2, -0.15) is 8.78 Å². The average molecular weight is 214 g/mol. The zero-order valence-electron chi connectivity index (χ0n) is 6.68. The van der Waals surface area contributed by atoms with Crippen molar-refractivity contribution in [3.8, 4) is 0 Å². The standard InChI is InChI=1S/C5H6F4N4O/c6-2(7)5(8,9)1-11-4-13-12-3(10)14-4/h2H,1H2,(H2,10,12)(H,11,13). The van der Waals surface area contributed by atoms with Gasteiger partial charge in [-0.3, -0.25) is 0 Å². The van der Waals surface area contributed by atoms with Crippen LogP contribution in [0.25, 0.3) is 0 Å². The van der Waals surface area contributed by atoms with Gasteiger partial charge in [0.25, 0.3) is 0 Å². The smallest absolute Gasteiger partial charge is 0.324 e. The molecule has 0 unspecified atom stereocenters. The van der Waals surface area contributed by atoms with Gasteiger partial charge in [-0.15, -0.1) is 0 Å². The number of halogens is 4. The van der Waals surface area contributed by atoms with Gasteiger partial charge in [0.2, 0.25) is 0 Å². The average Bonchev–Trinajstić information content (AvgIpc) is 2.48. The monoisotopic (exact) mass is 214 g/mol. The van der Waals surface area contributed by atoms with Crippen LogP contribution in [0.3, 0.4) is 0 Å². The minimum absolute atomic E-state index is 0.340. The normalized spacial score (nSPS) is 12.1. The lowest BCUT2D eigenvalue weighted by atomic mass is 10.3. The van der Waals surface area contributed by atoms with E-state index in [-0.39, 0.29) is 6.01 Å². The number of alkyl halides is 4. The Morgan fingerprint density at radius 2 is 2.07 bits per heavy atom. The van der Waals surface area contributed by atoms with Crippen LogP contribution in [0.15, 0.2) is 4.42 Å². The van der Waals surface area contributed by atoms with Crippen LogP contribution in [0.5, 0.6) is 0 Å². The Kier molecular flexibility index (Phi) is 2.77. The van der Waals surface area contributed by atoms with Crippen LogP contribution in [0.2, 0.25) is 0 Å². The second-order valence-electron chi connectivity index (χ2n) is 2.36. The predicted octanol–water partition coefficient (Wildman–Crippen LogP) is 0.964. The van der Waals surface area contributed by atoms with Gasteiger partial charge in [0, 0.05) is 0 Å². The summed E-state index contributed by atoms with van der Waals surface area (Å²) in [6.45, 7) is -1.30. The molecule has 0 saturated heterocycles. The summed E-state index contributed by atoms with van der Waals surface area (Å²) in [5.41, 5.74) is 4.96. The van der Waals surface area contributed by atoms with Crippen molar-refractivity contribution in [1.82, 2.24) is 10.2 Å². The largest absolute Gasteiger partial charge is 0.390 e. The number of nitrogens with zero attached hydrogens (tertiary/aromatic N) is 2. The molecule has 0 aliphatic heterocycles. The molecule has 9 heteroatoms. The van der Waals surface area contributed by atoms with Crippen molar-refractivity contribution in [2.45, 2.75) is 12.3 Å². The molecule has 0 atom stereocenters. The quantitative estimate of drug-likeness (QED) is 0.730. The highest BCUT2D eigenvalue weighted by Gasteiger charge is 2.40. The van der Waals surface area contributed by atoms with Crippen LogP contribution in [-0.4, -0.2) is 29.1 Å². The van der Waals surface area contributed by atoms with Gasteiger partial charge in [0.15, 0.2) is 0 Å². The Hall–Kier alpha value is -1.54. The zero-order valence-corrected chi connectivity index (χ0v) is 6.68. The molecule has 0 aliphatic carbocycles. The minimum atomic E-state index is -4.15. The number of hydrogen-bond donors (Lipinski definition) is 2. The maximum atomic E-state index is 12.3. The molecule has 0 amide bonds. The number of nitrogens with one attached hydrogen (secondary N) is 1. The lowest BCUT2D eigenvalue weighted by Gasteiger charge is -2.14. The molecule has 1 heterocycles. The van der Waals surface area contributed by atoms with Crippen LogP contribution in [0.1, 0.15) is 0 Å². The summed E-state index contributed by atoms with van der Waals surface area (Å²) >= 11 is 0. The van der Waals surface area contributed by atoms with Crippen LogP contribution < -0.4 is 11.1 Å². The summed E-state index contributed by atoms with van der Waals surface area (Å²) in [6.07, 6.45) is -3.75. The van der Waals surface area contributed by atoms with E-state index in [9.17, 15) is 17.6 Å². The van der Waals surface area contributed by atoms with E-state index < -0.39 is 24.9 Å². The Labute approximate surface area is 75.3 Å². The van der Waals surface area contributed by atoms with Crippen molar-refractivity contribution in [3.05, 3.63) is 0 Å². The van der Waals surface area contributed by atoms with E-state index >= 15 is 0 Å². The molecule has 0 radical (unpaired) electrons. The van der Waals surface area contributed by atoms with Gasteiger partial charge in [-0.1, -0.05) is 10.2 Å². The van der Waals surface area contributed by atoms with E-state index in [2.05, 4.69) is 14.6 Å². The van der Waals surface area contributed by atoms with Crippen LogP contribution in [0, 0.1) is 0 Å². The Balaban J connectivity index is 2.48. The van der Waals surface area contributed by atoms with Crippen LogP contribution in [0.4, 0.5) is 29.6 Å². The first-order valence-corrected chi connectivity index (χ1v) is 3.40. The molecule has 0 aromatic carbocycles. The molecule has 1 aromatic rings. The van der Waals surface area contributed by atoms with Crippen molar-refractivity contribution in [2.24, 2.45) is 0 Å². The lowest BCUT2D eigenvalue weighted by molar-refractivity contribution is -0.117. The van der Waals surface area contributed by atoms with Gasteiger partial charge in [0.05, 0.1) is 6.54 Å². The number of rotatable bonds is 4. The third kappa shape index (κ3) is 2.47. The minimum Gasteiger partial charge on any atom is -0.390 e. The molecule has 80 valence electrons. The first kappa shape index (κ1) is 10.5. The molecule has 0 bridgehead atoms. The fourth-order valence-corrected chi connectivity index (χ4v) is 0.577. The molecular formula is C5H6F4N4O. The summed E-state index contributed by atoms with van der Waals surface area (Å²) in [6, 6.07) is -0.768. The number of aromatic nitrogens is 2. The first-order chi connectivity index (χ1) is 6.42. The highest BCUT2D eigenvalue weighted by Crippen LogP contribution is 2.23. The maximum Gasteiger partial charge on any atom is 0.324 e. The van der Waals surface area contributed by atoms with Crippen molar-refractivity contribution in [2.75, 3.05) is 17.6 Å². The number of hydrogen-bond acceptors (Lipinski definition) is 5. The van der Waals surface area contributed by atoms with Gasteiger partial charge < -0.3 is 15.5 Å². The third-order valence-electron chi connectivity index (χ3n) is 1.24. The maximum absolute atomic E-state index is 12.3. The van der Waals surface area contributed by atoms with Crippen molar-refractivity contribution in [3.63, 3.8) is 0 Å². The Morgan fingerprint density at radius 1 is 1.43 bits per heavy atom. The Bertz CT molecular complexity index is 302. The molecule has 0 saturated carbocycles. The van der Waals surface area contributed by atoms with Gasteiger partial charge in [-0.05, 0) is 0 Å². The molecule has 1 rings (SSSR count). The SMILES string of the molecule is Nc1nnc(NCC(F)(F)C(F)F)o1. The Morgan fingerprint density at radius 3 is 2.50 bits per heavy atom. The summed E-state index contributed by atoms with van der Waals surface area (Å²) in [5.74, 6) is -4.15. The van der Waals surface area contributed by atoms with Crippen LogP contribution >= 0.6 is 0 Å². The molecule has 0 aliphatic rings. The van der Waals surface area contributed by atoms with E-state index in [0.717, 1.165) is 0 Å². The molecule has 0 spiro atoms. The van der Waals surface area contributed by atoms with E-state index in [1.165, 1.54) is 0 Å². The summed E-state index contributed by atoms with van der Waals surface area (Å²) in [7, 11) is 0. The second-order valence-corrected chi connectivity index (χ2v) is 2.36. The van der Waals surface area contributed by atoms with E-state index in [1.54, 1.807) is 0 Å². The van der Waals surface area contributed by atoms with E-state index in [0.29, 0.717) is 0 Å². The fraction of sp³-hybridized carbons (Fsp3) is 0.600. The van der Waals surface area contributed by atoms with Crippen molar-refractivity contribution >= 4 is 12.0 Å². The highest BCUT2D eigenvalue weighted by molar-refractivity contribution is 5.22. The van der Waals surface area contributed by atoms with Gasteiger partial charge in [0.1, 0.15) is 0 Å². The predicted molar refractivity (Wildman–Crippen MR) is 38.2 cm³/mol. The van der Waals surface area contributed by atoms with Gasteiger partial charge in [-0.25, -0.2) is 8.78 Å². The third-order valence-corrected chi connectivity index (χ3v) is 1.24. The molecule has 3 N–H and O–H groups in total. The first-order valence-electron chi connectivity index (χ1n) is 3.40. The number of nitrogens with two attached hydrogens (primary N) is 1. The lowest BCUT2D eigenvalue weighted by Crippen LogP contribution is -2.34. The number of anilines is 2. The second kappa shape index (κ2) is 3.68. The number of nitrogen functional groups attached to an aromatic ring is 1. The van der Waals surface area contributed by atoms with Crippen molar-refractivity contribution in [1.29, 1.82) is 0 Å². The van der Waals surface area contributed by atoms with E-state index in [1.807, 2.05) is 5.32 Å². The highest BCUT2D eigenvalue weighted by atomic mass is 19.3.